The van der Waals surface area contributed by atoms with Crippen molar-refractivity contribution in [2.75, 3.05) is 0 Å². The molecule has 1 aromatic heterocycles. The Kier molecular flexibility index (Phi) is 6.50. The third kappa shape index (κ3) is 5.69. The zero-order valence-electron chi connectivity index (χ0n) is 16.4. The maximum atomic E-state index is 12.9. The van der Waals surface area contributed by atoms with Crippen LogP contribution in [0.4, 0.5) is 26.3 Å². The van der Waals surface area contributed by atoms with E-state index in [0.29, 0.717) is 17.7 Å². The maximum absolute atomic E-state index is 12.9. The molecule has 1 amide bonds. The van der Waals surface area contributed by atoms with E-state index in [4.69, 9.17) is 0 Å². The maximum Gasteiger partial charge on any atom is 0.433 e. The quantitative estimate of drug-likeness (QED) is 0.520. The van der Waals surface area contributed by atoms with Crippen LogP contribution in [-0.4, -0.2) is 19.3 Å². The lowest BCUT2D eigenvalue weighted by atomic mass is 10.2. The number of nitrogens with zero attached hydrogens (tertiary/aromatic N) is 1. The van der Waals surface area contributed by atoms with Crippen molar-refractivity contribution >= 4 is 15.7 Å². The molecule has 0 bridgehead atoms. The second kappa shape index (κ2) is 8.85. The first-order valence-electron chi connectivity index (χ1n) is 9.11. The Morgan fingerprint density at radius 3 is 2.12 bits per heavy atom. The summed E-state index contributed by atoms with van der Waals surface area (Å²) in [7, 11) is -4.23. The molecule has 0 aliphatic carbocycles. The van der Waals surface area contributed by atoms with Gasteiger partial charge in [-0.25, -0.2) is 8.42 Å². The van der Waals surface area contributed by atoms with E-state index in [1.165, 1.54) is 12.1 Å². The number of benzene rings is 2. The summed E-state index contributed by atoms with van der Waals surface area (Å²) in [5.74, 6) is -0.802. The zero-order chi connectivity index (χ0) is 24.4. The van der Waals surface area contributed by atoms with E-state index in [1.807, 2.05) is 0 Å². The number of amides is 1. The van der Waals surface area contributed by atoms with E-state index in [-0.39, 0.29) is 17.0 Å². The molecule has 2 aromatic carbocycles. The van der Waals surface area contributed by atoms with Gasteiger partial charge in [0.1, 0.15) is 5.69 Å². The minimum absolute atomic E-state index is 0.133. The van der Waals surface area contributed by atoms with Crippen LogP contribution in [0.5, 0.6) is 0 Å². The van der Waals surface area contributed by atoms with Crippen molar-refractivity contribution in [2.24, 2.45) is 0 Å². The Morgan fingerprint density at radius 2 is 1.52 bits per heavy atom. The lowest BCUT2D eigenvalue weighted by Gasteiger charge is -2.11. The molecule has 1 N–H and O–H groups in total. The number of hydrogen-bond donors (Lipinski definition) is 1. The Labute approximate surface area is 184 Å². The van der Waals surface area contributed by atoms with E-state index < -0.39 is 44.2 Å². The van der Waals surface area contributed by atoms with E-state index >= 15 is 0 Å². The standard InChI is InChI=1S/C21H14F6N2O3S/c22-20(23,24)15-2-1-3-17(11-15)33(31,32)16-6-4-13(5-7-16)12-29-19(30)14-8-9-28-18(10-14)21(25,26)27/h1-11H,12H2,(H,29,30). The molecule has 0 saturated heterocycles. The summed E-state index contributed by atoms with van der Waals surface area (Å²) in [6, 6.07) is 10.00. The molecule has 33 heavy (non-hydrogen) atoms. The number of nitrogens with one attached hydrogen (secondary N) is 1. The minimum Gasteiger partial charge on any atom is -0.348 e. The summed E-state index contributed by atoms with van der Waals surface area (Å²) in [4.78, 5) is 14.5. The molecule has 0 saturated carbocycles. The highest BCUT2D eigenvalue weighted by Crippen LogP contribution is 2.32. The van der Waals surface area contributed by atoms with E-state index in [0.717, 1.165) is 42.6 Å². The fraction of sp³-hybridized carbons (Fsp3) is 0.143. The van der Waals surface area contributed by atoms with Crippen LogP contribution in [0.2, 0.25) is 0 Å². The third-order valence-corrected chi connectivity index (χ3v) is 6.24. The molecule has 3 aromatic rings. The fourth-order valence-corrected chi connectivity index (χ4v) is 4.08. The van der Waals surface area contributed by atoms with Crippen LogP contribution in [0.15, 0.2) is 76.7 Å². The van der Waals surface area contributed by atoms with Gasteiger partial charge >= 0.3 is 12.4 Å². The summed E-state index contributed by atoms with van der Waals surface area (Å²) in [6.07, 6.45) is -8.56. The Morgan fingerprint density at radius 1 is 0.848 bits per heavy atom. The highest BCUT2D eigenvalue weighted by atomic mass is 32.2. The lowest BCUT2D eigenvalue weighted by molar-refractivity contribution is -0.141. The molecule has 0 aliphatic heterocycles. The van der Waals surface area contributed by atoms with E-state index in [2.05, 4.69) is 10.3 Å². The van der Waals surface area contributed by atoms with Gasteiger partial charge in [0.05, 0.1) is 15.4 Å². The Bertz CT molecular complexity index is 1270. The van der Waals surface area contributed by atoms with Crippen LogP contribution in [0.3, 0.4) is 0 Å². The monoisotopic (exact) mass is 488 g/mol. The number of hydrogen-bond acceptors (Lipinski definition) is 4. The number of carbonyl (C=O) groups is 1. The van der Waals surface area contributed by atoms with Crippen molar-refractivity contribution in [2.45, 2.75) is 28.7 Å². The number of sulfone groups is 1. The molecule has 0 radical (unpaired) electrons. The minimum atomic E-state index is -4.71. The van der Waals surface area contributed by atoms with Gasteiger partial charge in [0.15, 0.2) is 0 Å². The molecule has 3 rings (SSSR count). The van der Waals surface area contributed by atoms with Crippen molar-refractivity contribution in [1.29, 1.82) is 0 Å². The van der Waals surface area contributed by atoms with Crippen molar-refractivity contribution in [3.05, 3.63) is 89.2 Å². The average molecular weight is 488 g/mol. The highest BCUT2D eigenvalue weighted by molar-refractivity contribution is 7.91. The summed E-state index contributed by atoms with van der Waals surface area (Å²) in [6.45, 7) is -0.133. The van der Waals surface area contributed by atoms with Crippen molar-refractivity contribution < 1.29 is 39.6 Å². The number of aromatic nitrogens is 1. The van der Waals surface area contributed by atoms with Gasteiger partial charge < -0.3 is 5.32 Å². The van der Waals surface area contributed by atoms with Gasteiger partial charge in [0.25, 0.3) is 5.91 Å². The summed E-state index contributed by atoms with van der Waals surface area (Å²) >= 11 is 0. The number of carbonyl (C=O) groups excluding carboxylic acids is 1. The van der Waals surface area contributed by atoms with Gasteiger partial charge in [-0.15, -0.1) is 0 Å². The zero-order valence-corrected chi connectivity index (χ0v) is 17.2. The topological polar surface area (TPSA) is 76.1 Å². The molecule has 0 aliphatic rings. The highest BCUT2D eigenvalue weighted by Gasteiger charge is 2.33. The van der Waals surface area contributed by atoms with Gasteiger partial charge in [0, 0.05) is 18.3 Å². The van der Waals surface area contributed by atoms with Gasteiger partial charge in [0.2, 0.25) is 9.84 Å². The van der Waals surface area contributed by atoms with Crippen LogP contribution in [0, 0.1) is 0 Å². The second-order valence-electron chi connectivity index (χ2n) is 6.78. The summed E-state index contributed by atoms with van der Waals surface area (Å²) in [5.41, 5.74) is -2.18. The predicted molar refractivity (Wildman–Crippen MR) is 104 cm³/mol. The molecule has 5 nitrogen and oxygen atoms in total. The van der Waals surface area contributed by atoms with Gasteiger partial charge in [-0.05, 0) is 48.0 Å². The normalized spacial score (nSPS) is 12.4. The third-order valence-electron chi connectivity index (χ3n) is 4.47. The van der Waals surface area contributed by atoms with Crippen LogP contribution < -0.4 is 5.32 Å². The molecule has 0 fully saturated rings. The van der Waals surface area contributed by atoms with Gasteiger partial charge in [-0.1, -0.05) is 18.2 Å². The average Bonchev–Trinajstić information content (AvgIpc) is 2.77. The first-order chi connectivity index (χ1) is 15.3. The van der Waals surface area contributed by atoms with Crippen LogP contribution in [-0.2, 0) is 28.7 Å². The van der Waals surface area contributed by atoms with E-state index in [1.54, 1.807) is 0 Å². The first-order valence-corrected chi connectivity index (χ1v) is 10.6. The predicted octanol–water partition coefficient (Wildman–Crippen LogP) is 4.88. The molecule has 0 atom stereocenters. The number of rotatable bonds is 5. The first kappa shape index (κ1) is 24.2. The van der Waals surface area contributed by atoms with Crippen LogP contribution >= 0.6 is 0 Å². The largest absolute Gasteiger partial charge is 0.433 e. The van der Waals surface area contributed by atoms with Crippen molar-refractivity contribution in [3.63, 3.8) is 0 Å². The molecule has 1 heterocycles. The Hall–Kier alpha value is -3.41. The van der Waals surface area contributed by atoms with Crippen LogP contribution in [0.1, 0.15) is 27.2 Å². The number of pyridine rings is 1. The SMILES string of the molecule is O=C(NCc1ccc(S(=O)(=O)c2cccc(C(F)(F)F)c2)cc1)c1ccnc(C(F)(F)F)c1. The number of halogens is 6. The smallest absolute Gasteiger partial charge is 0.348 e. The fourth-order valence-electron chi connectivity index (χ4n) is 2.77. The second-order valence-corrected chi connectivity index (χ2v) is 8.73. The Balaban J connectivity index is 1.73. The van der Waals surface area contributed by atoms with Crippen LogP contribution in [0.25, 0.3) is 0 Å². The molecule has 0 unspecified atom stereocenters. The van der Waals surface area contributed by atoms with Crippen molar-refractivity contribution in [3.8, 4) is 0 Å². The molecule has 0 spiro atoms. The lowest BCUT2D eigenvalue weighted by Crippen LogP contribution is -2.23. The summed E-state index contributed by atoms with van der Waals surface area (Å²) in [5, 5.41) is 2.40. The summed E-state index contributed by atoms with van der Waals surface area (Å²) < 4.78 is 102. The van der Waals surface area contributed by atoms with E-state index in [9.17, 15) is 39.6 Å². The molecule has 174 valence electrons. The van der Waals surface area contributed by atoms with Gasteiger partial charge in [-0.2, -0.15) is 26.3 Å². The van der Waals surface area contributed by atoms with Gasteiger partial charge in [-0.3, -0.25) is 9.78 Å². The van der Waals surface area contributed by atoms with Crippen molar-refractivity contribution in [1.82, 2.24) is 10.3 Å². The molecular formula is C21H14F6N2O3S. The molecular weight excluding hydrogens is 474 g/mol. The molecule has 12 heteroatoms. The number of alkyl halides is 6.